The van der Waals surface area contributed by atoms with E-state index < -0.39 is 18.5 Å². The van der Waals surface area contributed by atoms with E-state index >= 15 is 0 Å². The largest absolute Gasteiger partial charge is 0.493 e. The molecule has 3 rings (SSSR count). The fourth-order valence-electron chi connectivity index (χ4n) is 2.47. The van der Waals surface area contributed by atoms with E-state index in [2.05, 4.69) is 9.97 Å². The number of ether oxygens (including phenoxy) is 2. The monoisotopic (exact) mass is 526 g/mol. The number of H-pyrrole nitrogens is 1. The molecule has 2 aromatic carbocycles. The zero-order chi connectivity index (χ0) is 21.0. The standard InChI is InChI=1S/C19H15IN2O6S/c1-27-14-7-10(6-11(20)17(14)28-9-16(23)24)8-15(18(25)26)29-19-21-12-4-2-3-5-13(12)22-19/h2-8H,9H2,1H3,(H,21,22)(H,23,24)(H,25,26)/b15-8-. The maximum atomic E-state index is 11.8. The molecule has 0 saturated carbocycles. The van der Waals surface area contributed by atoms with Gasteiger partial charge in [0.15, 0.2) is 23.3 Å². The molecule has 0 saturated heterocycles. The molecule has 0 spiro atoms. The summed E-state index contributed by atoms with van der Waals surface area (Å²) in [5.41, 5.74) is 2.13. The fraction of sp³-hybridized carbons (Fsp3) is 0.105. The second kappa shape index (κ2) is 9.18. The fourth-order valence-corrected chi connectivity index (χ4v) is 4.04. The van der Waals surface area contributed by atoms with Crippen LogP contribution in [0.5, 0.6) is 11.5 Å². The number of para-hydroxylation sites is 2. The number of hydrogen-bond donors (Lipinski definition) is 3. The number of methoxy groups -OCH3 is 1. The number of hydrogen-bond acceptors (Lipinski definition) is 6. The molecule has 3 aromatic rings. The predicted octanol–water partition coefficient (Wildman–Crippen LogP) is 3.86. The van der Waals surface area contributed by atoms with Gasteiger partial charge in [0.1, 0.15) is 4.91 Å². The first-order chi connectivity index (χ1) is 13.9. The SMILES string of the molecule is COc1cc(/C=C(\Sc2nc3ccccc3[nH]2)C(=O)O)cc(I)c1OCC(=O)O. The molecule has 0 unspecified atom stereocenters. The average molecular weight is 526 g/mol. The van der Waals surface area contributed by atoms with Crippen molar-refractivity contribution in [2.75, 3.05) is 13.7 Å². The number of carbonyl (C=O) groups is 2. The molecule has 0 amide bonds. The smallest absolute Gasteiger partial charge is 0.342 e. The third-order valence-corrected chi connectivity index (χ3v) is 5.37. The molecule has 0 fully saturated rings. The molecule has 1 aromatic heterocycles. The summed E-state index contributed by atoms with van der Waals surface area (Å²) >= 11 is 2.98. The number of halogens is 1. The highest BCUT2D eigenvalue weighted by Crippen LogP contribution is 2.36. The van der Waals surface area contributed by atoms with Gasteiger partial charge in [-0.1, -0.05) is 12.1 Å². The van der Waals surface area contributed by atoms with E-state index in [1.807, 2.05) is 46.9 Å². The Bertz CT molecular complexity index is 1080. The Morgan fingerprint density at radius 1 is 1.28 bits per heavy atom. The van der Waals surface area contributed by atoms with Gasteiger partial charge in [-0.2, -0.15) is 0 Å². The van der Waals surface area contributed by atoms with Crippen LogP contribution in [0.3, 0.4) is 0 Å². The van der Waals surface area contributed by atoms with Gasteiger partial charge in [-0.3, -0.25) is 0 Å². The molecule has 29 heavy (non-hydrogen) atoms. The van der Waals surface area contributed by atoms with Crippen molar-refractivity contribution in [1.82, 2.24) is 9.97 Å². The van der Waals surface area contributed by atoms with Crippen molar-refractivity contribution in [2.45, 2.75) is 5.16 Å². The first kappa shape index (κ1) is 21.0. The van der Waals surface area contributed by atoms with Crippen molar-refractivity contribution in [3.63, 3.8) is 0 Å². The second-order valence-corrected chi connectivity index (χ2v) is 7.88. The van der Waals surface area contributed by atoms with Crippen molar-refractivity contribution < 1.29 is 29.3 Å². The Morgan fingerprint density at radius 2 is 2.03 bits per heavy atom. The van der Waals surface area contributed by atoms with Gasteiger partial charge in [0.05, 0.1) is 21.7 Å². The summed E-state index contributed by atoms with van der Waals surface area (Å²) in [5, 5.41) is 18.9. The number of imidazole rings is 1. The van der Waals surface area contributed by atoms with Gasteiger partial charge in [0.25, 0.3) is 0 Å². The van der Waals surface area contributed by atoms with E-state index in [-0.39, 0.29) is 10.7 Å². The average Bonchev–Trinajstić information content (AvgIpc) is 3.08. The van der Waals surface area contributed by atoms with E-state index in [1.54, 1.807) is 12.1 Å². The van der Waals surface area contributed by atoms with Gasteiger partial charge in [-0.15, -0.1) is 0 Å². The minimum absolute atomic E-state index is 0.0566. The molecule has 0 aliphatic rings. The number of nitrogens with one attached hydrogen (secondary N) is 1. The van der Waals surface area contributed by atoms with Gasteiger partial charge in [0, 0.05) is 0 Å². The van der Waals surface area contributed by atoms with E-state index in [0.29, 0.717) is 20.0 Å². The minimum Gasteiger partial charge on any atom is -0.493 e. The van der Waals surface area contributed by atoms with Crippen LogP contribution in [-0.4, -0.2) is 45.8 Å². The molecule has 10 heteroatoms. The number of benzene rings is 2. The van der Waals surface area contributed by atoms with E-state index in [0.717, 1.165) is 22.8 Å². The van der Waals surface area contributed by atoms with Crippen LogP contribution in [-0.2, 0) is 9.59 Å². The minimum atomic E-state index is -1.11. The molecule has 0 aliphatic heterocycles. The molecule has 0 radical (unpaired) electrons. The first-order valence-corrected chi connectivity index (χ1v) is 10.1. The Labute approximate surface area is 183 Å². The van der Waals surface area contributed by atoms with Crippen LogP contribution in [0, 0.1) is 3.57 Å². The van der Waals surface area contributed by atoms with Crippen LogP contribution in [0.4, 0.5) is 0 Å². The number of rotatable bonds is 8. The third kappa shape index (κ3) is 5.21. The highest BCUT2D eigenvalue weighted by molar-refractivity contribution is 14.1. The maximum Gasteiger partial charge on any atom is 0.342 e. The van der Waals surface area contributed by atoms with Crippen LogP contribution in [0.25, 0.3) is 17.1 Å². The Balaban J connectivity index is 1.92. The van der Waals surface area contributed by atoms with Gasteiger partial charge in [0.2, 0.25) is 0 Å². The van der Waals surface area contributed by atoms with Crippen molar-refractivity contribution in [3.8, 4) is 11.5 Å². The summed E-state index contributed by atoms with van der Waals surface area (Å²) in [4.78, 5) is 30.0. The molecule has 0 atom stereocenters. The van der Waals surface area contributed by atoms with E-state index in [1.165, 1.54) is 13.2 Å². The molecule has 3 N–H and O–H groups in total. The number of nitrogens with zero attached hydrogens (tertiary/aromatic N) is 1. The van der Waals surface area contributed by atoms with Gasteiger partial charge in [-0.25, -0.2) is 14.6 Å². The predicted molar refractivity (Wildman–Crippen MR) is 116 cm³/mol. The number of carboxylic acids is 2. The molecular formula is C19H15IN2O6S. The zero-order valence-corrected chi connectivity index (χ0v) is 18.0. The summed E-state index contributed by atoms with van der Waals surface area (Å²) < 4.78 is 11.1. The highest BCUT2D eigenvalue weighted by atomic mass is 127. The summed E-state index contributed by atoms with van der Waals surface area (Å²) in [6.45, 7) is -0.510. The third-order valence-electron chi connectivity index (χ3n) is 3.67. The van der Waals surface area contributed by atoms with E-state index in [4.69, 9.17) is 14.6 Å². The molecule has 1 heterocycles. The Kier molecular flexibility index (Phi) is 6.64. The summed E-state index contributed by atoms with van der Waals surface area (Å²) in [5.74, 6) is -1.62. The number of carboxylic acid groups (broad SMARTS) is 2. The molecule has 0 bridgehead atoms. The van der Waals surface area contributed by atoms with Crippen molar-refractivity contribution in [2.24, 2.45) is 0 Å². The number of aromatic amines is 1. The Hall–Kier alpha value is -2.73. The number of thioether (sulfide) groups is 1. The van der Waals surface area contributed by atoms with Crippen molar-refractivity contribution in [3.05, 3.63) is 50.4 Å². The van der Waals surface area contributed by atoms with Crippen LogP contribution in [0.1, 0.15) is 5.56 Å². The quantitative estimate of drug-likeness (QED) is 0.230. The molecule has 150 valence electrons. The number of aromatic nitrogens is 2. The summed E-state index contributed by atoms with van der Waals surface area (Å²) in [6.07, 6.45) is 1.49. The summed E-state index contributed by atoms with van der Waals surface area (Å²) in [6, 6.07) is 10.7. The highest BCUT2D eigenvalue weighted by Gasteiger charge is 2.16. The van der Waals surface area contributed by atoms with Crippen LogP contribution in [0.2, 0.25) is 0 Å². The van der Waals surface area contributed by atoms with Crippen molar-refractivity contribution >= 4 is 63.4 Å². The van der Waals surface area contributed by atoms with Crippen LogP contribution in [0.15, 0.2) is 46.5 Å². The normalized spacial score (nSPS) is 11.4. The lowest BCUT2D eigenvalue weighted by Gasteiger charge is -2.12. The van der Waals surface area contributed by atoms with Gasteiger partial charge < -0.3 is 24.7 Å². The second-order valence-electron chi connectivity index (χ2n) is 5.69. The van der Waals surface area contributed by atoms with Gasteiger partial charge in [-0.05, 0) is 70.3 Å². The van der Waals surface area contributed by atoms with Crippen LogP contribution >= 0.6 is 34.4 Å². The molecular weight excluding hydrogens is 511 g/mol. The summed E-state index contributed by atoms with van der Waals surface area (Å²) in [7, 11) is 1.42. The van der Waals surface area contributed by atoms with Crippen LogP contribution < -0.4 is 9.47 Å². The topological polar surface area (TPSA) is 122 Å². The number of aliphatic carboxylic acids is 2. The lowest BCUT2D eigenvalue weighted by Crippen LogP contribution is -2.11. The Morgan fingerprint density at radius 3 is 2.69 bits per heavy atom. The van der Waals surface area contributed by atoms with Crippen molar-refractivity contribution in [1.29, 1.82) is 0 Å². The van der Waals surface area contributed by atoms with E-state index in [9.17, 15) is 14.7 Å². The lowest BCUT2D eigenvalue weighted by atomic mass is 10.2. The molecule has 8 nitrogen and oxygen atoms in total. The maximum absolute atomic E-state index is 11.8. The first-order valence-electron chi connectivity index (χ1n) is 8.17. The number of fused-ring (bicyclic) bond motifs is 1. The molecule has 0 aliphatic carbocycles. The van der Waals surface area contributed by atoms with Gasteiger partial charge >= 0.3 is 11.9 Å². The lowest BCUT2D eigenvalue weighted by molar-refractivity contribution is -0.139. The zero-order valence-electron chi connectivity index (χ0n) is 15.0.